The lowest BCUT2D eigenvalue weighted by Gasteiger charge is -2.37. The smallest absolute Gasteiger partial charge is 0.263 e. The predicted molar refractivity (Wildman–Crippen MR) is 151 cm³/mol. The number of rotatable bonds is 6. The highest BCUT2D eigenvalue weighted by Gasteiger charge is 2.54. The number of terminal acetylenes is 1. The Morgan fingerprint density at radius 2 is 1.62 bits per heavy atom. The molecular weight excluding hydrogens is 535 g/mol. The van der Waals surface area contributed by atoms with E-state index >= 15 is 0 Å². The van der Waals surface area contributed by atoms with Gasteiger partial charge in [-0.1, -0.05) is 59.5 Å². The molecule has 5 rings (SSSR count). The van der Waals surface area contributed by atoms with Crippen LogP contribution in [0.5, 0.6) is 5.75 Å². The molecule has 0 radical (unpaired) electrons. The summed E-state index contributed by atoms with van der Waals surface area (Å²) in [6, 6.07) is 19.7. The van der Waals surface area contributed by atoms with Gasteiger partial charge in [-0.3, -0.25) is 20.2 Å². The highest BCUT2D eigenvalue weighted by molar-refractivity contribution is 6.30. The Kier molecular flexibility index (Phi) is 7.83. The van der Waals surface area contributed by atoms with Crippen LogP contribution in [0.4, 0.5) is 0 Å². The van der Waals surface area contributed by atoms with Gasteiger partial charge < -0.3 is 15.0 Å². The Labute approximate surface area is 237 Å². The van der Waals surface area contributed by atoms with E-state index in [0.29, 0.717) is 46.6 Å². The van der Waals surface area contributed by atoms with Gasteiger partial charge in [0.2, 0.25) is 5.91 Å². The summed E-state index contributed by atoms with van der Waals surface area (Å²) in [7, 11) is 0. The van der Waals surface area contributed by atoms with Crippen LogP contribution in [0.1, 0.15) is 41.3 Å². The molecule has 1 unspecified atom stereocenters. The molecule has 2 amide bonds. The molecule has 2 saturated heterocycles. The first-order valence-electron chi connectivity index (χ1n) is 12.7. The van der Waals surface area contributed by atoms with Gasteiger partial charge in [0.25, 0.3) is 5.91 Å². The highest BCUT2D eigenvalue weighted by Crippen LogP contribution is 2.44. The second-order valence-electron chi connectivity index (χ2n) is 9.46. The minimum atomic E-state index is -1.44. The number of ether oxygens (including phenoxy) is 1. The number of carbonyl (C=O) groups excluding carboxylic acids is 2. The number of piperazine rings is 1. The van der Waals surface area contributed by atoms with Crippen LogP contribution in [0, 0.1) is 12.3 Å². The lowest BCUT2D eigenvalue weighted by Crippen LogP contribution is -2.62. The fourth-order valence-electron chi connectivity index (χ4n) is 5.21. The first kappa shape index (κ1) is 27.0. The van der Waals surface area contributed by atoms with Crippen LogP contribution in [0.15, 0.2) is 66.7 Å². The van der Waals surface area contributed by atoms with Crippen molar-refractivity contribution in [2.45, 2.75) is 24.7 Å². The average Bonchev–Trinajstić information content (AvgIpc) is 3.35. The molecule has 0 bridgehead atoms. The topological polar surface area (TPSA) is 82.7 Å². The van der Waals surface area contributed by atoms with Crippen molar-refractivity contribution >= 4 is 35.0 Å². The van der Waals surface area contributed by atoms with Crippen LogP contribution in [0.2, 0.25) is 10.0 Å². The van der Waals surface area contributed by atoms with Gasteiger partial charge >= 0.3 is 0 Å². The Bertz CT molecular complexity index is 1370. The summed E-state index contributed by atoms with van der Waals surface area (Å²) in [5.74, 6) is 2.62. The summed E-state index contributed by atoms with van der Waals surface area (Å²) in [5, 5.41) is 11.3. The number of amides is 2. The van der Waals surface area contributed by atoms with Gasteiger partial charge in [0.1, 0.15) is 5.75 Å². The molecular formula is C30H28Cl2N4O3. The summed E-state index contributed by atoms with van der Waals surface area (Å²) in [4.78, 5) is 28.4. The van der Waals surface area contributed by atoms with E-state index in [1.165, 1.54) is 0 Å². The lowest BCUT2D eigenvalue weighted by molar-refractivity contribution is -0.144. The molecule has 0 aromatic heterocycles. The maximum atomic E-state index is 14.5. The van der Waals surface area contributed by atoms with Gasteiger partial charge in [-0.15, -0.1) is 6.42 Å². The number of hydrogen-bond acceptors (Lipinski definition) is 5. The molecule has 3 aromatic carbocycles. The Balaban J connectivity index is 1.69. The van der Waals surface area contributed by atoms with Crippen LogP contribution < -0.4 is 20.7 Å². The Morgan fingerprint density at radius 3 is 2.13 bits per heavy atom. The van der Waals surface area contributed by atoms with Crippen molar-refractivity contribution in [3.05, 3.63) is 99.0 Å². The number of halogens is 2. The normalized spacial score (nSPS) is 22.7. The van der Waals surface area contributed by atoms with Crippen molar-refractivity contribution < 1.29 is 14.3 Å². The average molecular weight is 563 g/mol. The summed E-state index contributed by atoms with van der Waals surface area (Å²) in [5.41, 5.74) is 1.62. The maximum Gasteiger partial charge on any atom is 0.263 e. The summed E-state index contributed by atoms with van der Waals surface area (Å²) in [6.07, 6.45) is 5.69. The zero-order chi connectivity index (χ0) is 27.6. The van der Waals surface area contributed by atoms with E-state index < -0.39 is 5.66 Å². The molecule has 2 heterocycles. The van der Waals surface area contributed by atoms with Crippen molar-refractivity contribution in [1.82, 2.24) is 20.9 Å². The van der Waals surface area contributed by atoms with Gasteiger partial charge in [-0.05, 0) is 54.4 Å². The minimum absolute atomic E-state index is 0.0480. The van der Waals surface area contributed by atoms with Gasteiger partial charge in [0.05, 0.1) is 25.2 Å². The Hall–Kier alpha value is -3.54. The maximum absolute atomic E-state index is 14.5. The SMILES string of the molecule is C#Cc1ccc(C2(C(=O)N3CCNC(=O)C3)N[C@H](c3ccc(Cl)cc3)[C@H](c3ccc(Cl)cc3)N2)c(OCC)c1. The largest absolute Gasteiger partial charge is 0.493 e. The second kappa shape index (κ2) is 11.3. The zero-order valence-electron chi connectivity index (χ0n) is 21.3. The third-order valence-electron chi connectivity index (χ3n) is 7.03. The number of nitrogens with one attached hydrogen (secondary N) is 3. The zero-order valence-corrected chi connectivity index (χ0v) is 22.9. The van der Waals surface area contributed by atoms with Crippen LogP contribution in [-0.4, -0.2) is 43.0 Å². The van der Waals surface area contributed by atoms with E-state index in [9.17, 15) is 9.59 Å². The molecule has 2 fully saturated rings. The first-order valence-corrected chi connectivity index (χ1v) is 13.5. The van der Waals surface area contributed by atoms with E-state index in [0.717, 1.165) is 11.1 Å². The molecule has 7 nitrogen and oxygen atoms in total. The van der Waals surface area contributed by atoms with Crippen LogP contribution in [0.3, 0.4) is 0 Å². The molecule has 3 N–H and O–H groups in total. The van der Waals surface area contributed by atoms with Crippen LogP contribution in [-0.2, 0) is 15.3 Å². The molecule has 2 aliphatic rings. The first-order chi connectivity index (χ1) is 18.8. The van der Waals surface area contributed by atoms with Gasteiger partial charge in [0, 0.05) is 34.3 Å². The van der Waals surface area contributed by atoms with Crippen molar-refractivity contribution in [2.75, 3.05) is 26.2 Å². The predicted octanol–water partition coefficient (Wildman–Crippen LogP) is 4.16. The van der Waals surface area contributed by atoms with Gasteiger partial charge in [0.15, 0.2) is 5.66 Å². The number of benzene rings is 3. The molecule has 39 heavy (non-hydrogen) atoms. The molecule has 0 saturated carbocycles. The number of carbonyl (C=O) groups is 2. The molecule has 0 aliphatic carbocycles. The monoisotopic (exact) mass is 562 g/mol. The van der Waals surface area contributed by atoms with E-state index in [1.54, 1.807) is 17.0 Å². The molecule has 3 atom stereocenters. The number of nitrogens with zero attached hydrogens (tertiary/aromatic N) is 1. The molecule has 0 spiro atoms. The summed E-state index contributed by atoms with van der Waals surface area (Å²) in [6.45, 7) is 2.94. The van der Waals surface area contributed by atoms with Crippen molar-refractivity contribution in [1.29, 1.82) is 0 Å². The Morgan fingerprint density at radius 1 is 1.03 bits per heavy atom. The lowest BCUT2D eigenvalue weighted by atomic mass is 9.95. The second-order valence-corrected chi connectivity index (χ2v) is 10.3. The standard InChI is InChI=1S/C30H28Cl2N4O3/c1-3-19-5-14-24(25(17-19)39-4-2)30(29(38)36-16-15-33-26(37)18-36)34-27(20-6-10-22(31)11-7-20)28(35-30)21-8-12-23(32)13-9-21/h1,5-14,17,27-28,34-35H,4,15-16,18H2,2H3,(H,33,37)/t27-,28+,30?. The van der Waals surface area contributed by atoms with Gasteiger partial charge in [-0.25, -0.2) is 0 Å². The third-order valence-corrected chi connectivity index (χ3v) is 7.54. The van der Waals surface area contributed by atoms with Crippen molar-refractivity contribution in [3.63, 3.8) is 0 Å². The highest BCUT2D eigenvalue weighted by atomic mass is 35.5. The van der Waals surface area contributed by atoms with Crippen LogP contribution in [0.25, 0.3) is 0 Å². The van der Waals surface area contributed by atoms with Gasteiger partial charge in [-0.2, -0.15) is 0 Å². The van der Waals surface area contributed by atoms with Crippen molar-refractivity contribution in [3.8, 4) is 18.1 Å². The number of hydrogen-bond donors (Lipinski definition) is 3. The van der Waals surface area contributed by atoms with E-state index in [1.807, 2.05) is 61.5 Å². The third kappa shape index (κ3) is 5.34. The molecule has 2 aliphatic heterocycles. The van der Waals surface area contributed by atoms with E-state index in [2.05, 4.69) is 21.9 Å². The van der Waals surface area contributed by atoms with E-state index in [4.69, 9.17) is 34.4 Å². The fraction of sp³-hybridized carbons (Fsp3) is 0.267. The van der Waals surface area contributed by atoms with E-state index in [-0.39, 0.29) is 30.4 Å². The summed E-state index contributed by atoms with van der Waals surface area (Å²) >= 11 is 12.4. The van der Waals surface area contributed by atoms with Crippen LogP contribution >= 0.6 is 23.2 Å². The molecule has 3 aromatic rings. The molecule has 9 heteroatoms. The fourth-order valence-corrected chi connectivity index (χ4v) is 5.46. The quantitative estimate of drug-likeness (QED) is 0.393. The molecule has 200 valence electrons. The van der Waals surface area contributed by atoms with Crippen molar-refractivity contribution in [2.24, 2.45) is 0 Å². The minimum Gasteiger partial charge on any atom is -0.493 e. The summed E-state index contributed by atoms with van der Waals surface area (Å²) < 4.78 is 6.03.